The summed E-state index contributed by atoms with van der Waals surface area (Å²) in [7, 11) is 1.66. The van der Waals surface area contributed by atoms with Gasteiger partial charge in [-0.3, -0.25) is 0 Å². The molecule has 0 amide bonds. The molecule has 1 aromatic carbocycles. The van der Waals surface area contributed by atoms with Gasteiger partial charge in [0.05, 0.1) is 26.4 Å². The Balaban J connectivity index is 2.15. The van der Waals surface area contributed by atoms with E-state index >= 15 is 0 Å². The number of rotatable bonds is 12. The highest BCUT2D eigenvalue weighted by atomic mass is 16.5. The molecule has 0 radical (unpaired) electrons. The van der Waals surface area contributed by atoms with Crippen LogP contribution in [0.3, 0.4) is 0 Å². The van der Waals surface area contributed by atoms with E-state index in [1.807, 2.05) is 24.3 Å². The molecule has 0 saturated carbocycles. The van der Waals surface area contributed by atoms with Crippen LogP contribution in [-0.4, -0.2) is 37.5 Å². The monoisotopic (exact) mass is 324 g/mol. The largest absolute Gasteiger partial charge is 0.496 e. The minimum absolute atomic E-state index is 0.354. The molecule has 132 valence electrons. The fourth-order valence-corrected chi connectivity index (χ4v) is 2.55. The second kappa shape index (κ2) is 11.4. The van der Waals surface area contributed by atoms with Gasteiger partial charge in [0.2, 0.25) is 0 Å². The maximum absolute atomic E-state index is 10.0. The van der Waals surface area contributed by atoms with Crippen molar-refractivity contribution in [3.8, 4) is 5.75 Å². The highest BCUT2D eigenvalue weighted by Crippen LogP contribution is 2.17. The lowest BCUT2D eigenvalue weighted by atomic mass is 10.0. The van der Waals surface area contributed by atoms with Crippen LogP contribution in [-0.2, 0) is 11.3 Å². The normalized spacial score (nSPS) is 14.0. The molecule has 0 saturated heterocycles. The molecule has 0 fully saturated rings. The van der Waals surface area contributed by atoms with Crippen LogP contribution in [0.4, 0.5) is 0 Å². The van der Waals surface area contributed by atoms with Crippen LogP contribution in [0.1, 0.15) is 45.6 Å². The van der Waals surface area contributed by atoms with Crippen molar-refractivity contribution in [1.82, 2.24) is 0 Å². The molecular weight excluding hydrogens is 290 g/mol. The molecule has 2 atom stereocenters. The molecule has 0 bridgehead atoms. The molecule has 4 heteroatoms. The number of para-hydroxylation sites is 1. The Kier molecular flexibility index (Phi) is 9.92. The van der Waals surface area contributed by atoms with Gasteiger partial charge in [-0.1, -0.05) is 38.5 Å². The van der Waals surface area contributed by atoms with Crippen LogP contribution in [0, 0.1) is 5.92 Å². The number of benzene rings is 1. The third-order valence-corrected chi connectivity index (χ3v) is 4.01. The van der Waals surface area contributed by atoms with Crippen molar-refractivity contribution in [3.63, 3.8) is 0 Å². The van der Waals surface area contributed by atoms with Crippen molar-refractivity contribution in [3.05, 3.63) is 29.8 Å². The van der Waals surface area contributed by atoms with Gasteiger partial charge in [0.1, 0.15) is 18.4 Å². The highest BCUT2D eigenvalue weighted by molar-refractivity contribution is 5.32. The summed E-state index contributed by atoms with van der Waals surface area (Å²) in [5.74, 6) is 1.60. The first kappa shape index (κ1) is 19.9. The maximum Gasteiger partial charge on any atom is 0.126 e. The van der Waals surface area contributed by atoms with Crippen molar-refractivity contribution in [2.24, 2.45) is 5.92 Å². The zero-order chi connectivity index (χ0) is 17.1. The van der Waals surface area contributed by atoms with Gasteiger partial charge in [-0.15, -0.1) is 0 Å². The number of hydrogen-bond donors (Lipinski definition) is 2. The van der Waals surface area contributed by atoms with E-state index < -0.39 is 6.10 Å². The number of quaternary nitrogens is 1. The second-order valence-corrected chi connectivity index (χ2v) is 6.75. The molecule has 0 aliphatic heterocycles. The average molecular weight is 324 g/mol. The predicted molar refractivity (Wildman–Crippen MR) is 93.6 cm³/mol. The molecule has 0 aliphatic carbocycles. The van der Waals surface area contributed by atoms with E-state index in [9.17, 15) is 5.11 Å². The summed E-state index contributed by atoms with van der Waals surface area (Å²) in [4.78, 5) is 0. The number of ether oxygens (including phenoxy) is 2. The summed E-state index contributed by atoms with van der Waals surface area (Å²) in [6, 6.07) is 8.35. The van der Waals surface area contributed by atoms with E-state index in [4.69, 9.17) is 9.47 Å². The van der Waals surface area contributed by atoms with Gasteiger partial charge < -0.3 is 19.9 Å². The molecule has 4 nitrogen and oxygen atoms in total. The molecule has 23 heavy (non-hydrogen) atoms. The summed E-state index contributed by atoms with van der Waals surface area (Å²) in [6.45, 7) is 8.25. The minimum atomic E-state index is -0.433. The molecule has 0 heterocycles. The second-order valence-electron chi connectivity index (χ2n) is 6.75. The van der Waals surface area contributed by atoms with E-state index in [2.05, 4.69) is 26.1 Å². The SMILES string of the molecule is COc1ccccc1COC[C@@H](O)C[NH2+][C@@H](C)CCCC(C)C. The van der Waals surface area contributed by atoms with Gasteiger partial charge in [-0.25, -0.2) is 0 Å². The summed E-state index contributed by atoms with van der Waals surface area (Å²) in [5.41, 5.74) is 1.01. The Hall–Kier alpha value is -1.10. The Bertz CT molecular complexity index is 423. The lowest BCUT2D eigenvalue weighted by molar-refractivity contribution is -0.692. The number of methoxy groups -OCH3 is 1. The van der Waals surface area contributed by atoms with Gasteiger partial charge in [-0.05, 0) is 31.7 Å². The first-order chi connectivity index (χ1) is 11.0. The first-order valence-corrected chi connectivity index (χ1v) is 8.74. The van der Waals surface area contributed by atoms with Crippen LogP contribution in [0.5, 0.6) is 5.75 Å². The van der Waals surface area contributed by atoms with E-state index in [1.165, 1.54) is 19.3 Å². The molecule has 0 spiro atoms. The topological polar surface area (TPSA) is 55.3 Å². The number of nitrogens with two attached hydrogens (primary N) is 1. The highest BCUT2D eigenvalue weighted by Gasteiger charge is 2.11. The molecule has 0 aliphatic rings. The van der Waals surface area contributed by atoms with Gasteiger partial charge in [0.25, 0.3) is 0 Å². The lowest BCUT2D eigenvalue weighted by Gasteiger charge is -2.15. The summed E-state index contributed by atoms with van der Waals surface area (Å²) < 4.78 is 10.9. The third kappa shape index (κ3) is 8.94. The van der Waals surface area contributed by atoms with E-state index in [1.54, 1.807) is 7.11 Å². The van der Waals surface area contributed by atoms with Crippen LogP contribution in [0.15, 0.2) is 24.3 Å². The van der Waals surface area contributed by atoms with Crippen molar-refractivity contribution in [1.29, 1.82) is 0 Å². The summed E-state index contributed by atoms with van der Waals surface area (Å²) >= 11 is 0. The standard InChI is InChI=1S/C19H33NO3/c1-15(2)8-7-9-16(3)20-12-18(21)14-23-13-17-10-5-6-11-19(17)22-4/h5-6,10-11,15-16,18,20-21H,7-9,12-14H2,1-4H3/p+1/t16-,18-/m0/s1. The Morgan fingerprint density at radius 1 is 1.13 bits per heavy atom. The van der Waals surface area contributed by atoms with E-state index in [0.29, 0.717) is 25.8 Å². The van der Waals surface area contributed by atoms with Crippen LogP contribution in [0.2, 0.25) is 0 Å². The van der Waals surface area contributed by atoms with Crippen molar-refractivity contribution < 1.29 is 19.9 Å². The van der Waals surface area contributed by atoms with Crippen LogP contribution < -0.4 is 10.1 Å². The Morgan fingerprint density at radius 2 is 1.87 bits per heavy atom. The summed E-state index contributed by atoms with van der Waals surface area (Å²) in [6.07, 6.45) is 3.31. The van der Waals surface area contributed by atoms with Crippen molar-refractivity contribution in [2.45, 2.75) is 58.8 Å². The maximum atomic E-state index is 10.0. The lowest BCUT2D eigenvalue weighted by Crippen LogP contribution is -2.91. The Labute approximate surface area is 141 Å². The van der Waals surface area contributed by atoms with Gasteiger partial charge >= 0.3 is 0 Å². The number of hydrogen-bond acceptors (Lipinski definition) is 3. The minimum Gasteiger partial charge on any atom is -0.496 e. The first-order valence-electron chi connectivity index (χ1n) is 8.74. The summed E-state index contributed by atoms with van der Waals surface area (Å²) in [5, 5.41) is 12.2. The molecule has 1 aromatic rings. The quantitative estimate of drug-likeness (QED) is 0.620. The van der Waals surface area contributed by atoms with Crippen molar-refractivity contribution in [2.75, 3.05) is 20.3 Å². The zero-order valence-corrected chi connectivity index (χ0v) is 15.1. The number of aliphatic hydroxyl groups excluding tert-OH is 1. The zero-order valence-electron chi connectivity index (χ0n) is 15.1. The van der Waals surface area contributed by atoms with Gasteiger partial charge in [0, 0.05) is 5.56 Å². The third-order valence-electron chi connectivity index (χ3n) is 4.01. The van der Waals surface area contributed by atoms with Gasteiger partial charge in [-0.2, -0.15) is 0 Å². The molecule has 1 rings (SSSR count). The fourth-order valence-electron chi connectivity index (χ4n) is 2.55. The predicted octanol–water partition coefficient (Wildman–Crippen LogP) is 2.35. The molecule has 0 aromatic heterocycles. The number of aliphatic hydroxyl groups is 1. The average Bonchev–Trinajstić information content (AvgIpc) is 2.53. The van der Waals surface area contributed by atoms with E-state index in [0.717, 1.165) is 17.2 Å². The Morgan fingerprint density at radius 3 is 2.57 bits per heavy atom. The fraction of sp³-hybridized carbons (Fsp3) is 0.684. The van der Waals surface area contributed by atoms with Crippen LogP contribution in [0.25, 0.3) is 0 Å². The molecule has 0 unspecified atom stereocenters. The molecule has 3 N–H and O–H groups in total. The molecular formula is C19H34NO3+. The smallest absolute Gasteiger partial charge is 0.126 e. The van der Waals surface area contributed by atoms with Crippen LogP contribution >= 0.6 is 0 Å². The van der Waals surface area contributed by atoms with Gasteiger partial charge in [0.15, 0.2) is 0 Å². The van der Waals surface area contributed by atoms with Crippen molar-refractivity contribution >= 4 is 0 Å². The van der Waals surface area contributed by atoms with E-state index in [-0.39, 0.29) is 0 Å².